The number of carbonyl (C=O) groups excluding carboxylic acids is 1. The molecule has 0 bridgehead atoms. The summed E-state index contributed by atoms with van der Waals surface area (Å²) in [6, 6.07) is 0. The molecule has 0 radical (unpaired) electrons. The van der Waals surface area contributed by atoms with E-state index in [4.69, 9.17) is 0 Å². The number of aromatic nitrogens is 2. The lowest BCUT2D eigenvalue weighted by molar-refractivity contribution is 0.543. The monoisotopic (exact) mass is 139 g/mol. The molecule has 0 aliphatic heterocycles. The molecule has 4 nitrogen and oxygen atoms in total. The maximum atomic E-state index is 10.3. The highest BCUT2D eigenvalue weighted by Crippen LogP contribution is 1.91. The highest BCUT2D eigenvalue weighted by Gasteiger charge is 1.97. The number of nitrogens with zero attached hydrogens (tertiary/aromatic N) is 2. The van der Waals surface area contributed by atoms with Crippen molar-refractivity contribution in [2.24, 2.45) is 0 Å². The molecule has 0 atom stereocenters. The summed E-state index contributed by atoms with van der Waals surface area (Å²) in [4.78, 5) is 14.2. The summed E-state index contributed by atoms with van der Waals surface area (Å²) in [6.45, 7) is 0.617. The molecule has 1 N–H and O–H groups in total. The average molecular weight is 139 g/mol. The fourth-order valence-electron chi connectivity index (χ4n) is 0.735. The predicted octanol–water partition coefficient (Wildman–Crippen LogP) is -0.359. The summed E-state index contributed by atoms with van der Waals surface area (Å²) in [6.07, 6.45) is 3.96. The van der Waals surface area contributed by atoms with Gasteiger partial charge in [0.15, 0.2) is 0 Å². The molecule has 1 aromatic heterocycles. The maximum absolute atomic E-state index is 10.3. The molecule has 0 aliphatic rings. The van der Waals surface area contributed by atoms with Gasteiger partial charge in [0, 0.05) is 12.4 Å². The molecular formula is C6H9N3O. The second kappa shape index (κ2) is 3.12. The first-order valence-electron chi connectivity index (χ1n) is 3.00. The molecule has 1 rings (SSSR count). The Bertz CT molecular complexity index is 219. The summed E-state index contributed by atoms with van der Waals surface area (Å²) in [5, 5.41) is 2.90. The lowest BCUT2D eigenvalue weighted by Crippen LogP contribution is -2.11. The molecular weight excluding hydrogens is 130 g/mol. The van der Waals surface area contributed by atoms with Crippen LogP contribution in [0.2, 0.25) is 0 Å². The fraction of sp³-hybridized carbons (Fsp3) is 0.333. The Hall–Kier alpha value is -1.16. The van der Waals surface area contributed by atoms with Gasteiger partial charge in [-0.3, -0.25) is 9.36 Å². The molecule has 0 fully saturated rings. The van der Waals surface area contributed by atoms with Crippen LogP contribution in [0.3, 0.4) is 0 Å². The molecule has 1 aromatic rings. The smallest absolute Gasteiger partial charge is 0.219 e. The van der Waals surface area contributed by atoms with E-state index in [9.17, 15) is 4.79 Å². The van der Waals surface area contributed by atoms with Crippen molar-refractivity contribution in [3.63, 3.8) is 0 Å². The molecule has 0 saturated heterocycles. The Labute approximate surface area is 58.9 Å². The van der Waals surface area contributed by atoms with Crippen LogP contribution in [0.1, 0.15) is 5.82 Å². The molecule has 10 heavy (non-hydrogen) atoms. The lowest BCUT2D eigenvalue weighted by atomic mass is 10.6. The van der Waals surface area contributed by atoms with Crippen LogP contribution in [-0.2, 0) is 11.3 Å². The first-order valence-corrected chi connectivity index (χ1v) is 3.00. The van der Waals surface area contributed by atoms with Crippen molar-refractivity contribution in [2.45, 2.75) is 6.54 Å². The van der Waals surface area contributed by atoms with Gasteiger partial charge in [-0.15, -0.1) is 0 Å². The van der Waals surface area contributed by atoms with Crippen molar-refractivity contribution in [2.75, 3.05) is 7.05 Å². The molecule has 0 amide bonds. The predicted molar refractivity (Wildman–Crippen MR) is 37.1 cm³/mol. The van der Waals surface area contributed by atoms with Gasteiger partial charge in [-0.2, -0.15) is 0 Å². The van der Waals surface area contributed by atoms with E-state index in [2.05, 4.69) is 10.3 Å². The van der Waals surface area contributed by atoms with Crippen LogP contribution in [0.4, 0.5) is 0 Å². The SMILES string of the molecule is CNCc1nccn1C=O. The van der Waals surface area contributed by atoms with E-state index >= 15 is 0 Å². The number of hydrogen-bond donors (Lipinski definition) is 1. The lowest BCUT2D eigenvalue weighted by Gasteiger charge is -1.96. The quantitative estimate of drug-likeness (QED) is 0.582. The van der Waals surface area contributed by atoms with E-state index in [1.807, 2.05) is 7.05 Å². The van der Waals surface area contributed by atoms with Gasteiger partial charge < -0.3 is 5.32 Å². The zero-order valence-electron chi connectivity index (χ0n) is 5.74. The van der Waals surface area contributed by atoms with Crippen LogP contribution in [0.25, 0.3) is 0 Å². The van der Waals surface area contributed by atoms with Crippen molar-refractivity contribution in [1.29, 1.82) is 0 Å². The number of nitrogens with one attached hydrogen (secondary N) is 1. The van der Waals surface area contributed by atoms with Crippen LogP contribution in [0, 0.1) is 0 Å². The Morgan fingerprint density at radius 1 is 1.90 bits per heavy atom. The van der Waals surface area contributed by atoms with E-state index < -0.39 is 0 Å². The van der Waals surface area contributed by atoms with Crippen molar-refractivity contribution in [3.8, 4) is 0 Å². The average Bonchev–Trinajstić information content (AvgIpc) is 2.36. The summed E-state index contributed by atoms with van der Waals surface area (Å²) < 4.78 is 1.44. The minimum absolute atomic E-state index is 0.617. The topological polar surface area (TPSA) is 46.9 Å². The Morgan fingerprint density at radius 3 is 3.30 bits per heavy atom. The molecule has 54 valence electrons. The van der Waals surface area contributed by atoms with Crippen LogP contribution < -0.4 is 5.32 Å². The molecule has 0 saturated carbocycles. The van der Waals surface area contributed by atoms with Gasteiger partial charge >= 0.3 is 0 Å². The second-order valence-electron chi connectivity index (χ2n) is 1.89. The summed E-state index contributed by atoms with van der Waals surface area (Å²) in [5.41, 5.74) is 0. The number of hydrogen-bond acceptors (Lipinski definition) is 3. The fourth-order valence-corrected chi connectivity index (χ4v) is 0.735. The molecule has 0 spiro atoms. The number of carbonyl (C=O) groups is 1. The van der Waals surface area contributed by atoms with Crippen LogP contribution in [-0.4, -0.2) is 23.0 Å². The Morgan fingerprint density at radius 2 is 2.70 bits per heavy atom. The largest absolute Gasteiger partial charge is 0.313 e. The normalized spacial score (nSPS) is 9.70. The van der Waals surface area contributed by atoms with Gasteiger partial charge in [-0.05, 0) is 7.05 Å². The van der Waals surface area contributed by atoms with E-state index in [1.165, 1.54) is 4.57 Å². The van der Waals surface area contributed by atoms with E-state index in [-0.39, 0.29) is 0 Å². The maximum Gasteiger partial charge on any atom is 0.219 e. The Balaban J connectivity index is 2.79. The first kappa shape index (κ1) is 6.95. The molecule has 0 aliphatic carbocycles. The van der Waals surface area contributed by atoms with E-state index in [1.54, 1.807) is 12.4 Å². The summed E-state index contributed by atoms with van der Waals surface area (Å²) in [7, 11) is 1.81. The molecule has 1 heterocycles. The summed E-state index contributed by atoms with van der Waals surface area (Å²) in [5.74, 6) is 0.734. The number of rotatable bonds is 3. The standard InChI is InChI=1S/C6H9N3O/c1-7-4-6-8-2-3-9(6)5-10/h2-3,5,7H,4H2,1H3. The van der Waals surface area contributed by atoms with Gasteiger partial charge in [0.25, 0.3) is 0 Å². The highest BCUT2D eigenvalue weighted by molar-refractivity contribution is 5.52. The van der Waals surface area contributed by atoms with Gasteiger partial charge in [-0.25, -0.2) is 4.98 Å². The third kappa shape index (κ3) is 1.22. The first-order chi connectivity index (χ1) is 4.88. The van der Waals surface area contributed by atoms with Gasteiger partial charge in [0.1, 0.15) is 5.82 Å². The van der Waals surface area contributed by atoms with Crippen molar-refractivity contribution < 1.29 is 4.79 Å². The third-order valence-electron chi connectivity index (χ3n) is 1.20. The zero-order chi connectivity index (χ0) is 7.40. The van der Waals surface area contributed by atoms with Crippen LogP contribution >= 0.6 is 0 Å². The van der Waals surface area contributed by atoms with Crippen molar-refractivity contribution in [1.82, 2.24) is 14.9 Å². The molecule has 0 unspecified atom stereocenters. The molecule has 0 aromatic carbocycles. The minimum Gasteiger partial charge on any atom is -0.313 e. The van der Waals surface area contributed by atoms with Crippen molar-refractivity contribution in [3.05, 3.63) is 18.2 Å². The van der Waals surface area contributed by atoms with Crippen molar-refractivity contribution >= 4 is 6.41 Å². The van der Waals surface area contributed by atoms with Crippen LogP contribution in [0.5, 0.6) is 0 Å². The Kier molecular flexibility index (Phi) is 2.17. The third-order valence-corrected chi connectivity index (χ3v) is 1.20. The molecule has 4 heteroatoms. The minimum atomic E-state index is 0.617. The van der Waals surface area contributed by atoms with E-state index in [0.717, 1.165) is 12.2 Å². The van der Waals surface area contributed by atoms with Crippen LogP contribution in [0.15, 0.2) is 12.4 Å². The number of imidazole rings is 1. The summed E-state index contributed by atoms with van der Waals surface area (Å²) >= 11 is 0. The second-order valence-corrected chi connectivity index (χ2v) is 1.89. The van der Waals surface area contributed by atoms with E-state index in [0.29, 0.717) is 6.54 Å². The zero-order valence-corrected chi connectivity index (χ0v) is 5.74. The van der Waals surface area contributed by atoms with Gasteiger partial charge in [0.05, 0.1) is 6.54 Å². The van der Waals surface area contributed by atoms with Gasteiger partial charge in [-0.1, -0.05) is 0 Å². The van der Waals surface area contributed by atoms with Gasteiger partial charge in [0.2, 0.25) is 6.41 Å². The highest BCUT2D eigenvalue weighted by atomic mass is 16.1.